The molecule has 0 bridgehead atoms. The zero-order valence-corrected chi connectivity index (χ0v) is 12.8. The Kier molecular flexibility index (Phi) is 4.87. The molecule has 1 saturated heterocycles. The van der Waals surface area contributed by atoms with Gasteiger partial charge in [0.25, 0.3) is 0 Å². The number of nitrogens with zero attached hydrogens (tertiary/aromatic N) is 1. The van der Waals surface area contributed by atoms with Gasteiger partial charge in [0.2, 0.25) is 0 Å². The zero-order valence-electron chi connectivity index (χ0n) is 12.8. The van der Waals surface area contributed by atoms with Crippen LogP contribution in [0, 0.1) is 0 Å². The fraction of sp³-hybridized carbons (Fsp3) is 0.647. The van der Waals surface area contributed by atoms with E-state index in [0.717, 1.165) is 13.1 Å². The largest absolute Gasteiger partial charge is 0.366 e. The van der Waals surface area contributed by atoms with Gasteiger partial charge in [0.05, 0.1) is 0 Å². The maximum absolute atomic E-state index is 3.67. The minimum absolute atomic E-state index is 0.579. The normalized spacial score (nSPS) is 23.9. The molecule has 1 aromatic rings. The number of benzene rings is 1. The van der Waals surface area contributed by atoms with Crippen LogP contribution in [0.3, 0.4) is 0 Å². The van der Waals surface area contributed by atoms with Crippen molar-refractivity contribution < 1.29 is 0 Å². The molecule has 19 heavy (non-hydrogen) atoms. The van der Waals surface area contributed by atoms with Gasteiger partial charge in [-0.1, -0.05) is 39.3 Å². The van der Waals surface area contributed by atoms with Crippen molar-refractivity contribution in [1.82, 2.24) is 5.32 Å². The first-order valence-electron chi connectivity index (χ1n) is 7.71. The molecule has 1 heterocycles. The van der Waals surface area contributed by atoms with Crippen molar-refractivity contribution in [2.24, 2.45) is 0 Å². The lowest BCUT2D eigenvalue weighted by Crippen LogP contribution is -2.55. The van der Waals surface area contributed by atoms with Crippen LogP contribution in [-0.4, -0.2) is 25.2 Å². The minimum Gasteiger partial charge on any atom is -0.366 e. The van der Waals surface area contributed by atoms with Gasteiger partial charge in [-0.25, -0.2) is 0 Å². The molecule has 2 heteroatoms. The third-order valence-corrected chi connectivity index (χ3v) is 4.16. The van der Waals surface area contributed by atoms with E-state index < -0.39 is 0 Å². The average molecular weight is 260 g/mol. The van der Waals surface area contributed by atoms with Crippen LogP contribution in [0.1, 0.15) is 52.0 Å². The monoisotopic (exact) mass is 260 g/mol. The number of hydrogen-bond acceptors (Lipinski definition) is 2. The molecule has 2 nitrogen and oxygen atoms in total. The van der Waals surface area contributed by atoms with Crippen LogP contribution in [-0.2, 0) is 0 Å². The highest BCUT2D eigenvalue weighted by Crippen LogP contribution is 2.25. The summed E-state index contributed by atoms with van der Waals surface area (Å²) in [5.74, 6) is 0.601. The Hall–Kier alpha value is -1.02. The predicted octanol–water partition coefficient (Wildman–Crippen LogP) is 3.78. The van der Waals surface area contributed by atoms with Crippen molar-refractivity contribution in [3.05, 3.63) is 29.8 Å². The number of nitrogens with one attached hydrogen (secondary N) is 1. The molecule has 1 N–H and O–H groups in total. The van der Waals surface area contributed by atoms with Crippen molar-refractivity contribution in [3.63, 3.8) is 0 Å². The lowest BCUT2D eigenvalue weighted by molar-refractivity contribution is 0.386. The first-order valence-corrected chi connectivity index (χ1v) is 7.71. The highest BCUT2D eigenvalue weighted by molar-refractivity contribution is 5.50. The summed E-state index contributed by atoms with van der Waals surface area (Å²) in [6.45, 7) is 11.3. The van der Waals surface area contributed by atoms with Crippen molar-refractivity contribution in [2.45, 2.75) is 58.5 Å². The lowest BCUT2D eigenvalue weighted by Gasteiger charge is -2.40. The molecule has 1 aromatic carbocycles. The molecule has 0 amide bonds. The second kappa shape index (κ2) is 6.42. The Morgan fingerprint density at radius 3 is 2.84 bits per heavy atom. The third-order valence-electron chi connectivity index (χ3n) is 4.16. The lowest BCUT2D eigenvalue weighted by atomic mass is 10.0. The zero-order chi connectivity index (χ0) is 13.8. The molecule has 1 aliphatic rings. The Balaban J connectivity index is 2.16. The molecule has 0 aliphatic carbocycles. The van der Waals surface area contributed by atoms with Crippen LogP contribution in [0.15, 0.2) is 24.3 Å². The molecule has 2 unspecified atom stereocenters. The van der Waals surface area contributed by atoms with E-state index in [4.69, 9.17) is 0 Å². The maximum atomic E-state index is 3.67. The second-order valence-electron chi connectivity index (χ2n) is 6.14. The van der Waals surface area contributed by atoms with Crippen LogP contribution in [0.4, 0.5) is 5.69 Å². The van der Waals surface area contributed by atoms with Gasteiger partial charge in [-0.3, -0.25) is 0 Å². The van der Waals surface area contributed by atoms with E-state index in [-0.39, 0.29) is 0 Å². The predicted molar refractivity (Wildman–Crippen MR) is 84.0 cm³/mol. The molecule has 0 spiro atoms. The SMILES string of the molecule is CCCC1CN(c2cccc(C(C)C)c2)C(C)CN1. The highest BCUT2D eigenvalue weighted by atomic mass is 15.2. The van der Waals surface area contributed by atoms with Crippen molar-refractivity contribution in [1.29, 1.82) is 0 Å². The first-order chi connectivity index (χ1) is 9.11. The average Bonchev–Trinajstić information content (AvgIpc) is 2.41. The van der Waals surface area contributed by atoms with E-state index in [1.54, 1.807) is 0 Å². The number of piperazine rings is 1. The molecule has 0 aromatic heterocycles. The van der Waals surface area contributed by atoms with Crippen molar-refractivity contribution in [3.8, 4) is 0 Å². The van der Waals surface area contributed by atoms with Crippen LogP contribution >= 0.6 is 0 Å². The van der Waals surface area contributed by atoms with Gasteiger partial charge < -0.3 is 10.2 Å². The number of rotatable bonds is 4. The summed E-state index contributed by atoms with van der Waals surface area (Å²) in [5, 5.41) is 3.67. The van der Waals surface area contributed by atoms with Crippen LogP contribution in [0.5, 0.6) is 0 Å². The molecular formula is C17H28N2. The molecule has 0 radical (unpaired) electrons. The second-order valence-corrected chi connectivity index (χ2v) is 6.14. The topological polar surface area (TPSA) is 15.3 Å². The van der Waals surface area contributed by atoms with Gasteiger partial charge in [0.15, 0.2) is 0 Å². The van der Waals surface area contributed by atoms with Crippen LogP contribution < -0.4 is 10.2 Å². The van der Waals surface area contributed by atoms with Crippen LogP contribution in [0.25, 0.3) is 0 Å². The Morgan fingerprint density at radius 2 is 2.16 bits per heavy atom. The van der Waals surface area contributed by atoms with E-state index in [2.05, 4.69) is 62.2 Å². The van der Waals surface area contributed by atoms with Gasteiger partial charge >= 0.3 is 0 Å². The van der Waals surface area contributed by atoms with E-state index >= 15 is 0 Å². The highest BCUT2D eigenvalue weighted by Gasteiger charge is 2.24. The molecule has 0 saturated carbocycles. The Labute approximate surface area is 118 Å². The standard InChI is InChI=1S/C17H28N2/c1-5-7-16-12-19(14(4)11-18-16)17-9-6-8-15(10-17)13(2)3/h6,8-10,13-14,16,18H,5,7,11-12H2,1-4H3. The molecule has 1 aliphatic heterocycles. The smallest absolute Gasteiger partial charge is 0.0387 e. The first kappa shape index (κ1) is 14.4. The summed E-state index contributed by atoms with van der Waals surface area (Å²) < 4.78 is 0. The summed E-state index contributed by atoms with van der Waals surface area (Å²) in [5.41, 5.74) is 2.83. The molecule has 2 rings (SSSR count). The Morgan fingerprint density at radius 1 is 1.37 bits per heavy atom. The fourth-order valence-corrected chi connectivity index (χ4v) is 2.89. The molecule has 1 fully saturated rings. The van der Waals surface area contributed by atoms with E-state index in [0.29, 0.717) is 18.0 Å². The number of hydrogen-bond donors (Lipinski definition) is 1. The number of anilines is 1. The summed E-state index contributed by atoms with van der Waals surface area (Å²) in [4.78, 5) is 2.57. The minimum atomic E-state index is 0.579. The molecular weight excluding hydrogens is 232 g/mol. The van der Waals surface area contributed by atoms with E-state index in [1.165, 1.54) is 24.1 Å². The van der Waals surface area contributed by atoms with Crippen molar-refractivity contribution >= 4 is 5.69 Å². The van der Waals surface area contributed by atoms with Crippen LogP contribution in [0.2, 0.25) is 0 Å². The van der Waals surface area contributed by atoms with Gasteiger partial charge in [0.1, 0.15) is 0 Å². The third kappa shape index (κ3) is 3.50. The van der Waals surface area contributed by atoms with Gasteiger partial charge in [0, 0.05) is 30.9 Å². The summed E-state index contributed by atoms with van der Waals surface area (Å²) in [6.07, 6.45) is 2.53. The molecule has 106 valence electrons. The Bertz CT molecular complexity index is 400. The van der Waals surface area contributed by atoms with Crippen molar-refractivity contribution in [2.75, 3.05) is 18.0 Å². The van der Waals surface area contributed by atoms with Gasteiger partial charge in [-0.15, -0.1) is 0 Å². The van der Waals surface area contributed by atoms with Gasteiger partial charge in [-0.2, -0.15) is 0 Å². The quantitative estimate of drug-likeness (QED) is 0.886. The van der Waals surface area contributed by atoms with E-state index in [9.17, 15) is 0 Å². The fourth-order valence-electron chi connectivity index (χ4n) is 2.89. The van der Waals surface area contributed by atoms with Gasteiger partial charge in [-0.05, 0) is 37.0 Å². The maximum Gasteiger partial charge on any atom is 0.0387 e. The van der Waals surface area contributed by atoms with E-state index in [1.807, 2.05) is 0 Å². The summed E-state index contributed by atoms with van der Waals surface area (Å²) in [7, 11) is 0. The summed E-state index contributed by atoms with van der Waals surface area (Å²) in [6, 6.07) is 10.3. The molecule has 2 atom stereocenters. The summed E-state index contributed by atoms with van der Waals surface area (Å²) >= 11 is 0.